The van der Waals surface area contributed by atoms with E-state index < -0.39 is 0 Å². The average molecular weight is 217 g/mol. The number of hydrogen-bond donors (Lipinski definition) is 0. The van der Waals surface area contributed by atoms with Crippen molar-refractivity contribution in [2.45, 2.75) is 0 Å². The van der Waals surface area contributed by atoms with E-state index in [2.05, 4.69) is 9.97 Å². The van der Waals surface area contributed by atoms with E-state index in [-0.39, 0.29) is 0 Å². The molecule has 0 fully saturated rings. The fourth-order valence-electron chi connectivity index (χ4n) is 1.13. The van der Waals surface area contributed by atoms with Crippen LogP contribution in [0.5, 0.6) is 5.06 Å². The van der Waals surface area contributed by atoms with Gasteiger partial charge in [-0.3, -0.25) is 4.98 Å². The maximum absolute atomic E-state index is 8.81. The van der Waals surface area contributed by atoms with Crippen LogP contribution in [0.4, 0.5) is 0 Å². The van der Waals surface area contributed by atoms with Crippen molar-refractivity contribution >= 4 is 11.3 Å². The Hall–Kier alpha value is -1.93. The molecule has 0 spiro atoms. The number of rotatable bonds is 2. The van der Waals surface area contributed by atoms with Gasteiger partial charge in [-0.15, -0.1) is 0 Å². The third-order valence-electron chi connectivity index (χ3n) is 1.80. The average Bonchev–Trinajstić information content (AvgIpc) is 2.73. The van der Waals surface area contributed by atoms with Gasteiger partial charge in [0.2, 0.25) is 5.06 Å². The highest BCUT2D eigenvalue weighted by Gasteiger charge is 2.12. The van der Waals surface area contributed by atoms with E-state index >= 15 is 0 Å². The van der Waals surface area contributed by atoms with Crippen molar-refractivity contribution in [3.8, 4) is 21.7 Å². The molecule has 0 aliphatic rings. The predicted molar refractivity (Wildman–Crippen MR) is 56.6 cm³/mol. The van der Waals surface area contributed by atoms with Crippen molar-refractivity contribution in [2.24, 2.45) is 0 Å². The second-order valence-electron chi connectivity index (χ2n) is 2.71. The number of nitrogens with zero attached hydrogens (tertiary/aromatic N) is 3. The van der Waals surface area contributed by atoms with E-state index in [0.29, 0.717) is 10.8 Å². The van der Waals surface area contributed by atoms with Gasteiger partial charge in [0.1, 0.15) is 11.1 Å². The molecule has 0 bridgehead atoms. The van der Waals surface area contributed by atoms with Crippen LogP contribution in [0.2, 0.25) is 0 Å². The van der Waals surface area contributed by atoms with E-state index in [4.69, 9.17) is 10.00 Å². The van der Waals surface area contributed by atoms with Gasteiger partial charge in [-0.2, -0.15) is 5.26 Å². The lowest BCUT2D eigenvalue weighted by Gasteiger charge is -1.92. The first-order valence-electron chi connectivity index (χ1n) is 4.20. The van der Waals surface area contributed by atoms with Gasteiger partial charge in [-0.1, -0.05) is 11.3 Å². The Morgan fingerprint density at radius 3 is 2.93 bits per heavy atom. The van der Waals surface area contributed by atoms with Crippen molar-refractivity contribution in [3.63, 3.8) is 0 Å². The van der Waals surface area contributed by atoms with Crippen LogP contribution in [0.3, 0.4) is 0 Å². The molecule has 2 heterocycles. The monoisotopic (exact) mass is 217 g/mol. The van der Waals surface area contributed by atoms with Crippen molar-refractivity contribution in [1.29, 1.82) is 5.26 Å². The summed E-state index contributed by atoms with van der Waals surface area (Å²) in [4.78, 5) is 8.16. The van der Waals surface area contributed by atoms with Gasteiger partial charge in [0.25, 0.3) is 0 Å². The van der Waals surface area contributed by atoms with Crippen molar-refractivity contribution < 1.29 is 4.74 Å². The minimum atomic E-state index is 0.321. The van der Waals surface area contributed by atoms with Gasteiger partial charge in [0, 0.05) is 18.0 Å². The van der Waals surface area contributed by atoms with Crippen molar-refractivity contribution in [3.05, 3.63) is 30.2 Å². The maximum atomic E-state index is 8.81. The SMILES string of the molecule is COc1sc(-c2cccnc2)nc1C#N. The smallest absolute Gasteiger partial charge is 0.212 e. The van der Waals surface area contributed by atoms with E-state index in [1.54, 1.807) is 12.4 Å². The van der Waals surface area contributed by atoms with Crippen LogP contribution < -0.4 is 4.74 Å². The summed E-state index contributed by atoms with van der Waals surface area (Å²) in [5, 5.41) is 10.1. The van der Waals surface area contributed by atoms with Crippen molar-refractivity contribution in [1.82, 2.24) is 9.97 Å². The topological polar surface area (TPSA) is 58.8 Å². The number of aromatic nitrogens is 2. The summed E-state index contributed by atoms with van der Waals surface area (Å²) in [6.07, 6.45) is 3.40. The molecule has 0 unspecified atom stereocenters. The fourth-order valence-corrected chi connectivity index (χ4v) is 1.95. The van der Waals surface area contributed by atoms with E-state index in [9.17, 15) is 0 Å². The van der Waals surface area contributed by atoms with Gasteiger partial charge < -0.3 is 4.74 Å². The minimum absolute atomic E-state index is 0.321. The lowest BCUT2D eigenvalue weighted by molar-refractivity contribution is 0.424. The highest BCUT2D eigenvalue weighted by molar-refractivity contribution is 7.17. The Morgan fingerprint density at radius 1 is 1.53 bits per heavy atom. The number of nitriles is 1. The number of thiazole rings is 1. The first-order chi connectivity index (χ1) is 7.35. The van der Waals surface area contributed by atoms with Gasteiger partial charge in [0.15, 0.2) is 5.69 Å². The van der Waals surface area contributed by atoms with Crippen molar-refractivity contribution in [2.75, 3.05) is 7.11 Å². The number of ether oxygens (including phenoxy) is 1. The van der Waals surface area contributed by atoms with E-state index in [0.717, 1.165) is 10.6 Å². The largest absolute Gasteiger partial charge is 0.485 e. The molecular formula is C10H7N3OS. The Balaban J connectivity index is 2.48. The molecule has 0 aromatic carbocycles. The quantitative estimate of drug-likeness (QED) is 0.772. The van der Waals surface area contributed by atoms with Crippen LogP contribution in [0.25, 0.3) is 10.6 Å². The molecule has 0 radical (unpaired) electrons. The van der Waals surface area contributed by atoms with Gasteiger partial charge >= 0.3 is 0 Å². The Kier molecular flexibility index (Phi) is 2.61. The minimum Gasteiger partial charge on any atom is -0.485 e. The first-order valence-corrected chi connectivity index (χ1v) is 5.02. The number of methoxy groups -OCH3 is 1. The molecular weight excluding hydrogens is 210 g/mol. The molecule has 0 aliphatic heterocycles. The summed E-state index contributed by atoms with van der Waals surface area (Å²) in [7, 11) is 1.53. The molecule has 15 heavy (non-hydrogen) atoms. The molecule has 0 atom stereocenters. The summed E-state index contributed by atoms with van der Waals surface area (Å²) in [5.74, 6) is 0. The molecule has 2 aromatic rings. The Labute approximate surface area is 90.8 Å². The number of hydrogen-bond acceptors (Lipinski definition) is 5. The van der Waals surface area contributed by atoms with Gasteiger partial charge in [0.05, 0.1) is 7.11 Å². The second-order valence-corrected chi connectivity index (χ2v) is 3.67. The molecule has 74 valence electrons. The molecule has 2 aromatic heterocycles. The summed E-state index contributed by atoms with van der Waals surface area (Å²) in [5.41, 5.74) is 1.21. The lowest BCUT2D eigenvalue weighted by atomic mass is 10.3. The number of pyridine rings is 1. The normalized spacial score (nSPS) is 9.60. The Bertz CT molecular complexity index is 501. The molecule has 4 nitrogen and oxygen atoms in total. The van der Waals surface area contributed by atoms with E-state index in [1.807, 2.05) is 18.2 Å². The highest BCUT2D eigenvalue weighted by atomic mass is 32.1. The molecule has 0 saturated carbocycles. The third-order valence-corrected chi connectivity index (χ3v) is 2.86. The molecule has 0 saturated heterocycles. The fraction of sp³-hybridized carbons (Fsp3) is 0.100. The summed E-state index contributed by atoms with van der Waals surface area (Å²) in [6, 6.07) is 5.71. The Morgan fingerprint density at radius 2 is 2.40 bits per heavy atom. The summed E-state index contributed by atoms with van der Waals surface area (Å²) in [6.45, 7) is 0. The van der Waals surface area contributed by atoms with Crippen LogP contribution >= 0.6 is 11.3 Å². The zero-order valence-corrected chi connectivity index (χ0v) is 8.78. The van der Waals surface area contributed by atoms with Crippen LogP contribution in [0.15, 0.2) is 24.5 Å². The van der Waals surface area contributed by atoms with Crippen LogP contribution in [0, 0.1) is 11.3 Å². The van der Waals surface area contributed by atoms with Gasteiger partial charge in [-0.05, 0) is 12.1 Å². The maximum Gasteiger partial charge on any atom is 0.212 e. The third kappa shape index (κ3) is 1.80. The summed E-state index contributed by atoms with van der Waals surface area (Å²) >= 11 is 1.34. The standard InChI is InChI=1S/C10H7N3OS/c1-14-10-8(5-11)13-9(15-10)7-3-2-4-12-6-7/h2-4,6H,1H3. The zero-order chi connectivity index (χ0) is 10.7. The molecule has 0 N–H and O–H groups in total. The summed E-state index contributed by atoms with van der Waals surface area (Å²) < 4.78 is 5.05. The zero-order valence-electron chi connectivity index (χ0n) is 7.97. The van der Waals surface area contributed by atoms with Crippen LogP contribution in [-0.4, -0.2) is 17.1 Å². The van der Waals surface area contributed by atoms with E-state index in [1.165, 1.54) is 18.4 Å². The molecule has 0 amide bonds. The van der Waals surface area contributed by atoms with Crippen LogP contribution in [0.1, 0.15) is 5.69 Å². The second kappa shape index (κ2) is 4.07. The molecule has 5 heteroatoms. The molecule has 2 rings (SSSR count). The predicted octanol–water partition coefficient (Wildman–Crippen LogP) is 2.09. The van der Waals surface area contributed by atoms with Crippen LogP contribution in [-0.2, 0) is 0 Å². The highest BCUT2D eigenvalue weighted by Crippen LogP contribution is 2.32. The molecule has 0 aliphatic carbocycles. The first kappa shape index (κ1) is 9.62. The van der Waals surface area contributed by atoms with Gasteiger partial charge in [-0.25, -0.2) is 4.98 Å². The lowest BCUT2D eigenvalue weighted by Crippen LogP contribution is -1.82.